The van der Waals surface area contributed by atoms with Crippen LogP contribution in [0.4, 0.5) is 5.69 Å². The number of halogens is 2. The monoisotopic (exact) mass is 561 g/mol. The average Bonchev–Trinajstić information content (AvgIpc) is 2.89. The van der Waals surface area contributed by atoms with Gasteiger partial charge in [0, 0.05) is 0 Å². The lowest BCUT2D eigenvalue weighted by molar-refractivity contribution is -0.119. The summed E-state index contributed by atoms with van der Waals surface area (Å²) in [7, 11) is -4.10. The Kier molecular flexibility index (Phi) is 9.96. The first-order valence-electron chi connectivity index (χ1n) is 11.1. The highest BCUT2D eigenvalue weighted by Gasteiger charge is 2.27. The van der Waals surface area contributed by atoms with Crippen LogP contribution in [-0.2, 0) is 14.8 Å². The van der Waals surface area contributed by atoms with Crippen LogP contribution in [0.3, 0.4) is 0 Å². The average molecular weight is 562 g/mol. The molecule has 3 rings (SSSR count). The van der Waals surface area contributed by atoms with Crippen LogP contribution >= 0.6 is 23.2 Å². The van der Waals surface area contributed by atoms with E-state index in [9.17, 15) is 13.2 Å². The summed E-state index contributed by atoms with van der Waals surface area (Å²) >= 11 is 12.1. The SMILES string of the molecule is C=CCOc1ccc(/C=N/NC(=O)CN(c2ccc(Cl)c(Cl)c2)S(=O)(=O)c2ccccc2)cc1OCC. The highest BCUT2D eigenvalue weighted by Crippen LogP contribution is 2.30. The Morgan fingerprint density at radius 2 is 1.78 bits per heavy atom. The smallest absolute Gasteiger partial charge is 0.264 e. The third-order valence-corrected chi connectivity index (χ3v) is 7.36. The number of sulfonamides is 1. The molecule has 0 fully saturated rings. The number of nitrogens with one attached hydrogen (secondary N) is 1. The van der Waals surface area contributed by atoms with Gasteiger partial charge in [0.05, 0.1) is 33.4 Å². The van der Waals surface area contributed by atoms with Crippen LogP contribution in [0.5, 0.6) is 11.5 Å². The molecule has 8 nitrogen and oxygen atoms in total. The van der Waals surface area contributed by atoms with Crippen molar-refractivity contribution in [1.29, 1.82) is 0 Å². The van der Waals surface area contributed by atoms with Crippen molar-refractivity contribution in [2.45, 2.75) is 11.8 Å². The largest absolute Gasteiger partial charge is 0.490 e. The summed E-state index contributed by atoms with van der Waals surface area (Å²) in [5.74, 6) is 0.392. The molecule has 0 radical (unpaired) electrons. The van der Waals surface area contributed by atoms with Crippen molar-refractivity contribution in [2.24, 2.45) is 5.10 Å². The molecule has 0 aromatic heterocycles. The number of ether oxygens (including phenoxy) is 2. The Morgan fingerprint density at radius 1 is 1.03 bits per heavy atom. The molecule has 0 bridgehead atoms. The Morgan fingerprint density at radius 3 is 2.46 bits per heavy atom. The zero-order valence-electron chi connectivity index (χ0n) is 19.9. The van der Waals surface area contributed by atoms with Gasteiger partial charge in [-0.1, -0.05) is 54.1 Å². The van der Waals surface area contributed by atoms with Crippen LogP contribution in [-0.4, -0.2) is 40.3 Å². The lowest BCUT2D eigenvalue weighted by atomic mass is 10.2. The van der Waals surface area contributed by atoms with Gasteiger partial charge in [0.1, 0.15) is 13.2 Å². The van der Waals surface area contributed by atoms with Crippen molar-refractivity contribution in [1.82, 2.24) is 5.43 Å². The van der Waals surface area contributed by atoms with Gasteiger partial charge in [-0.2, -0.15) is 5.10 Å². The van der Waals surface area contributed by atoms with Crippen molar-refractivity contribution in [2.75, 3.05) is 24.1 Å². The van der Waals surface area contributed by atoms with E-state index in [1.165, 1.54) is 36.5 Å². The second-order valence-electron chi connectivity index (χ2n) is 7.46. The van der Waals surface area contributed by atoms with E-state index in [4.69, 9.17) is 32.7 Å². The van der Waals surface area contributed by atoms with Crippen molar-refractivity contribution in [3.8, 4) is 11.5 Å². The van der Waals surface area contributed by atoms with Crippen LogP contribution in [0.15, 0.2) is 89.4 Å². The molecule has 0 aliphatic rings. The Labute approximate surface area is 226 Å². The molecule has 11 heteroatoms. The highest BCUT2D eigenvalue weighted by atomic mass is 35.5. The minimum absolute atomic E-state index is 0.0135. The number of carbonyl (C=O) groups excluding carboxylic acids is 1. The summed E-state index contributed by atoms with van der Waals surface area (Å²) < 4.78 is 38.8. The van der Waals surface area contributed by atoms with Gasteiger partial charge in [-0.05, 0) is 61.0 Å². The highest BCUT2D eigenvalue weighted by molar-refractivity contribution is 7.92. The molecule has 0 saturated heterocycles. The zero-order chi connectivity index (χ0) is 26.8. The Hall–Kier alpha value is -3.53. The maximum absolute atomic E-state index is 13.4. The number of amides is 1. The summed E-state index contributed by atoms with van der Waals surface area (Å²) in [5.41, 5.74) is 3.17. The van der Waals surface area contributed by atoms with E-state index in [1.54, 1.807) is 42.5 Å². The molecule has 3 aromatic carbocycles. The molecule has 0 unspecified atom stereocenters. The maximum atomic E-state index is 13.4. The number of rotatable bonds is 12. The number of hydrazone groups is 1. The molecule has 1 amide bonds. The molecule has 37 heavy (non-hydrogen) atoms. The molecule has 3 aromatic rings. The normalized spacial score (nSPS) is 11.2. The van der Waals surface area contributed by atoms with Gasteiger partial charge in [0.2, 0.25) is 0 Å². The van der Waals surface area contributed by atoms with Crippen LogP contribution in [0.25, 0.3) is 0 Å². The predicted molar refractivity (Wildman–Crippen MR) is 146 cm³/mol. The van der Waals surface area contributed by atoms with Gasteiger partial charge in [-0.3, -0.25) is 9.10 Å². The van der Waals surface area contributed by atoms with Gasteiger partial charge in [0.25, 0.3) is 15.9 Å². The number of benzene rings is 3. The van der Waals surface area contributed by atoms with Crippen LogP contribution in [0.2, 0.25) is 10.0 Å². The molecule has 0 heterocycles. The minimum Gasteiger partial charge on any atom is -0.490 e. The van der Waals surface area contributed by atoms with Crippen molar-refractivity contribution in [3.05, 3.63) is 95.0 Å². The maximum Gasteiger partial charge on any atom is 0.264 e. The molecule has 0 saturated carbocycles. The van der Waals surface area contributed by atoms with Gasteiger partial charge in [0.15, 0.2) is 11.5 Å². The first-order valence-corrected chi connectivity index (χ1v) is 13.3. The molecule has 0 aliphatic carbocycles. The standard InChI is InChI=1S/C26H25Cl2N3O5S/c1-3-14-36-24-13-10-19(15-25(24)35-4-2)17-29-30-26(32)18-31(20-11-12-22(27)23(28)16-20)37(33,34)21-8-6-5-7-9-21/h3,5-13,15-17H,1,4,14,18H2,2H3,(H,30,32)/b29-17+. The van der Waals surface area contributed by atoms with Crippen LogP contribution in [0.1, 0.15) is 12.5 Å². The topological polar surface area (TPSA) is 97.3 Å². The molecular formula is C26H25Cl2N3O5S. The zero-order valence-corrected chi connectivity index (χ0v) is 22.3. The summed E-state index contributed by atoms with van der Waals surface area (Å²) in [6.45, 7) is 5.68. The van der Waals surface area contributed by atoms with Crippen LogP contribution < -0.4 is 19.2 Å². The summed E-state index contributed by atoms with van der Waals surface area (Å²) in [4.78, 5) is 12.8. The van der Waals surface area contributed by atoms with Crippen molar-refractivity contribution in [3.63, 3.8) is 0 Å². The lowest BCUT2D eigenvalue weighted by Crippen LogP contribution is -2.39. The van der Waals surface area contributed by atoms with E-state index in [0.29, 0.717) is 30.3 Å². The second kappa shape index (κ2) is 13.1. The molecule has 1 N–H and O–H groups in total. The van der Waals surface area contributed by atoms with E-state index in [2.05, 4.69) is 17.1 Å². The Balaban J connectivity index is 1.80. The van der Waals surface area contributed by atoms with E-state index in [-0.39, 0.29) is 20.6 Å². The molecule has 0 atom stereocenters. The molecule has 194 valence electrons. The van der Waals surface area contributed by atoms with Gasteiger partial charge in [-0.15, -0.1) is 0 Å². The number of carbonyl (C=O) groups is 1. The third-order valence-electron chi connectivity index (χ3n) is 4.84. The molecule has 0 aliphatic heterocycles. The van der Waals surface area contributed by atoms with Gasteiger partial charge in [-0.25, -0.2) is 13.8 Å². The first kappa shape index (κ1) is 28.0. The Bertz CT molecular complexity index is 1380. The van der Waals surface area contributed by atoms with Gasteiger partial charge >= 0.3 is 0 Å². The molecule has 0 spiro atoms. The fourth-order valence-corrected chi connectivity index (χ4v) is 4.89. The quantitative estimate of drug-likeness (QED) is 0.184. The van der Waals surface area contributed by atoms with E-state index < -0.39 is 22.5 Å². The third kappa shape index (κ3) is 7.48. The van der Waals surface area contributed by atoms with E-state index in [1.807, 2.05) is 6.92 Å². The fraction of sp³-hybridized carbons (Fsp3) is 0.154. The van der Waals surface area contributed by atoms with Crippen LogP contribution in [0, 0.1) is 0 Å². The number of hydrogen-bond acceptors (Lipinski definition) is 6. The second-order valence-corrected chi connectivity index (χ2v) is 10.1. The van der Waals surface area contributed by atoms with Gasteiger partial charge < -0.3 is 9.47 Å². The fourth-order valence-electron chi connectivity index (χ4n) is 3.16. The minimum atomic E-state index is -4.10. The lowest BCUT2D eigenvalue weighted by Gasteiger charge is -2.24. The van der Waals surface area contributed by atoms with Crippen molar-refractivity contribution >= 4 is 51.0 Å². The summed E-state index contributed by atoms with van der Waals surface area (Å²) in [6, 6.07) is 17.2. The molecular weight excluding hydrogens is 537 g/mol. The number of anilines is 1. The summed E-state index contributed by atoms with van der Waals surface area (Å²) in [6.07, 6.45) is 3.03. The number of nitrogens with zero attached hydrogens (tertiary/aromatic N) is 2. The predicted octanol–water partition coefficient (Wildman–Crippen LogP) is 5.30. The van der Waals surface area contributed by atoms with Crippen molar-refractivity contribution < 1.29 is 22.7 Å². The van der Waals surface area contributed by atoms with E-state index in [0.717, 1.165) is 4.31 Å². The first-order chi connectivity index (χ1) is 17.8. The van der Waals surface area contributed by atoms with E-state index >= 15 is 0 Å². The summed E-state index contributed by atoms with van der Waals surface area (Å²) in [5, 5.41) is 4.37. The number of hydrogen-bond donors (Lipinski definition) is 1.